The summed E-state index contributed by atoms with van der Waals surface area (Å²) in [5.41, 5.74) is 0.193. The van der Waals surface area contributed by atoms with E-state index in [0.29, 0.717) is 11.9 Å². The van der Waals surface area contributed by atoms with Crippen molar-refractivity contribution in [3.63, 3.8) is 0 Å². The van der Waals surface area contributed by atoms with E-state index in [-0.39, 0.29) is 17.6 Å². The van der Waals surface area contributed by atoms with E-state index in [9.17, 15) is 4.79 Å². The Morgan fingerprint density at radius 1 is 1.20 bits per heavy atom. The summed E-state index contributed by atoms with van der Waals surface area (Å²) in [4.78, 5) is 14.5. The molecule has 112 valence electrons. The lowest BCUT2D eigenvalue weighted by Crippen LogP contribution is -2.41. The highest BCUT2D eigenvalue weighted by molar-refractivity contribution is 5.82. The Hall–Kier alpha value is -0.610. The summed E-state index contributed by atoms with van der Waals surface area (Å²) in [7, 11) is 0. The highest BCUT2D eigenvalue weighted by atomic mass is 16.5. The van der Waals surface area contributed by atoms with Crippen molar-refractivity contribution in [1.29, 1.82) is 0 Å². The number of fused-ring (bicyclic) bond motifs is 1. The summed E-state index contributed by atoms with van der Waals surface area (Å²) in [5, 5.41) is 3.51. The molecule has 0 radical (unpaired) electrons. The second-order valence-corrected chi connectivity index (χ2v) is 7.22. The minimum absolute atomic E-state index is 0.193. The fourth-order valence-electron chi connectivity index (χ4n) is 4.82. The standard InChI is InChI=1S/C16H26N2O2/c19-15-13-4-3-9-17-14(13)11-18(15)10-12-5-8-16(20-12)6-1-2-7-16/h12-14,17H,1-11H2. The molecule has 0 aromatic rings. The van der Waals surface area contributed by atoms with Gasteiger partial charge in [-0.2, -0.15) is 0 Å². The van der Waals surface area contributed by atoms with Crippen molar-refractivity contribution < 1.29 is 9.53 Å². The third-order valence-electron chi connectivity index (χ3n) is 5.91. The number of nitrogens with one attached hydrogen (secondary N) is 1. The molecule has 3 atom stereocenters. The summed E-state index contributed by atoms with van der Waals surface area (Å²) in [6.07, 6.45) is 9.99. The number of carbonyl (C=O) groups excluding carboxylic acids is 1. The van der Waals surface area contributed by atoms with E-state index in [1.165, 1.54) is 32.1 Å². The van der Waals surface area contributed by atoms with Crippen LogP contribution in [0.2, 0.25) is 0 Å². The van der Waals surface area contributed by atoms with Crippen LogP contribution >= 0.6 is 0 Å². The molecule has 1 aliphatic carbocycles. The van der Waals surface area contributed by atoms with Crippen LogP contribution in [0.3, 0.4) is 0 Å². The van der Waals surface area contributed by atoms with Crippen molar-refractivity contribution >= 4 is 5.91 Å². The number of carbonyl (C=O) groups is 1. The van der Waals surface area contributed by atoms with Crippen LogP contribution in [0.5, 0.6) is 0 Å². The van der Waals surface area contributed by atoms with E-state index in [1.54, 1.807) is 0 Å². The summed E-state index contributed by atoms with van der Waals surface area (Å²) < 4.78 is 6.36. The van der Waals surface area contributed by atoms with Crippen LogP contribution in [0.25, 0.3) is 0 Å². The van der Waals surface area contributed by atoms with E-state index in [2.05, 4.69) is 10.2 Å². The first-order valence-electron chi connectivity index (χ1n) is 8.46. The van der Waals surface area contributed by atoms with Gasteiger partial charge in [0.05, 0.1) is 17.6 Å². The van der Waals surface area contributed by atoms with E-state index in [1.807, 2.05) is 0 Å². The molecule has 0 bridgehead atoms. The van der Waals surface area contributed by atoms with Gasteiger partial charge in [-0.1, -0.05) is 12.8 Å². The van der Waals surface area contributed by atoms with Crippen LogP contribution in [0, 0.1) is 5.92 Å². The van der Waals surface area contributed by atoms with Crippen molar-refractivity contribution in [2.24, 2.45) is 5.92 Å². The number of nitrogens with zero attached hydrogens (tertiary/aromatic N) is 1. The molecule has 1 amide bonds. The SMILES string of the molecule is O=C1C2CCCNC2CN1CC1CCC2(CCCC2)O1. The molecule has 1 saturated carbocycles. The zero-order valence-corrected chi connectivity index (χ0v) is 12.3. The average molecular weight is 278 g/mol. The van der Waals surface area contributed by atoms with Crippen LogP contribution in [-0.4, -0.2) is 48.2 Å². The molecule has 4 rings (SSSR count). The van der Waals surface area contributed by atoms with Gasteiger partial charge in [-0.15, -0.1) is 0 Å². The Labute approximate surface area is 121 Å². The first kappa shape index (κ1) is 13.1. The van der Waals surface area contributed by atoms with Crippen LogP contribution in [0.4, 0.5) is 0 Å². The quantitative estimate of drug-likeness (QED) is 0.836. The van der Waals surface area contributed by atoms with Crippen LogP contribution in [0.1, 0.15) is 51.4 Å². The Morgan fingerprint density at radius 3 is 2.85 bits per heavy atom. The van der Waals surface area contributed by atoms with Gasteiger partial charge in [0, 0.05) is 19.1 Å². The third kappa shape index (κ3) is 2.17. The second-order valence-electron chi connectivity index (χ2n) is 7.22. The van der Waals surface area contributed by atoms with Crippen molar-refractivity contribution in [1.82, 2.24) is 10.2 Å². The Kier molecular flexibility index (Phi) is 3.26. The second kappa shape index (κ2) is 4.99. The van der Waals surface area contributed by atoms with Crippen molar-refractivity contribution in [2.45, 2.75) is 69.1 Å². The number of likely N-dealkylation sites (tertiary alicyclic amines) is 1. The molecule has 4 aliphatic rings. The van der Waals surface area contributed by atoms with Gasteiger partial charge in [0.2, 0.25) is 5.91 Å². The first-order valence-corrected chi connectivity index (χ1v) is 8.46. The zero-order valence-electron chi connectivity index (χ0n) is 12.3. The van der Waals surface area contributed by atoms with Gasteiger partial charge in [-0.3, -0.25) is 4.79 Å². The third-order valence-corrected chi connectivity index (χ3v) is 5.91. The first-order chi connectivity index (χ1) is 9.76. The predicted molar refractivity (Wildman–Crippen MR) is 76.4 cm³/mol. The summed E-state index contributed by atoms with van der Waals surface area (Å²) >= 11 is 0. The minimum Gasteiger partial charge on any atom is -0.370 e. The number of hydrogen-bond donors (Lipinski definition) is 1. The van der Waals surface area contributed by atoms with Crippen molar-refractivity contribution in [3.05, 3.63) is 0 Å². The average Bonchev–Trinajstić information content (AvgIpc) is 3.15. The monoisotopic (exact) mass is 278 g/mol. The van der Waals surface area contributed by atoms with Crippen molar-refractivity contribution in [3.8, 4) is 0 Å². The zero-order chi connectivity index (χ0) is 13.6. The number of ether oxygens (including phenoxy) is 1. The Morgan fingerprint density at radius 2 is 2.05 bits per heavy atom. The molecule has 0 aromatic heterocycles. The smallest absolute Gasteiger partial charge is 0.227 e. The maximum absolute atomic E-state index is 12.5. The predicted octanol–water partition coefficient (Wildman–Crippen LogP) is 1.69. The molecule has 1 spiro atoms. The highest BCUT2D eigenvalue weighted by Crippen LogP contribution is 2.43. The fraction of sp³-hybridized carbons (Fsp3) is 0.938. The van der Waals surface area contributed by atoms with E-state index < -0.39 is 0 Å². The molecule has 1 N–H and O–H groups in total. The minimum atomic E-state index is 0.193. The van der Waals surface area contributed by atoms with Gasteiger partial charge in [-0.25, -0.2) is 0 Å². The lowest BCUT2D eigenvalue weighted by Gasteiger charge is -2.26. The summed E-state index contributed by atoms with van der Waals surface area (Å²) in [6, 6.07) is 0.401. The van der Waals surface area contributed by atoms with Gasteiger partial charge in [-0.05, 0) is 45.1 Å². The maximum Gasteiger partial charge on any atom is 0.227 e. The molecule has 3 saturated heterocycles. The topological polar surface area (TPSA) is 41.6 Å². The van der Waals surface area contributed by atoms with Crippen LogP contribution in [0.15, 0.2) is 0 Å². The number of hydrogen-bond acceptors (Lipinski definition) is 3. The van der Waals surface area contributed by atoms with Gasteiger partial charge in [0.1, 0.15) is 0 Å². The fourth-order valence-corrected chi connectivity index (χ4v) is 4.82. The molecule has 3 unspecified atom stereocenters. The lowest BCUT2D eigenvalue weighted by atomic mass is 9.94. The normalized spacial score (nSPS) is 39.7. The lowest BCUT2D eigenvalue weighted by molar-refractivity contribution is -0.134. The van der Waals surface area contributed by atoms with E-state index in [0.717, 1.165) is 38.9 Å². The molecular weight excluding hydrogens is 252 g/mol. The van der Waals surface area contributed by atoms with Crippen LogP contribution in [-0.2, 0) is 9.53 Å². The van der Waals surface area contributed by atoms with Gasteiger partial charge in [0.15, 0.2) is 0 Å². The molecule has 3 aliphatic heterocycles. The van der Waals surface area contributed by atoms with E-state index >= 15 is 0 Å². The summed E-state index contributed by atoms with van der Waals surface area (Å²) in [6.45, 7) is 2.80. The molecule has 20 heavy (non-hydrogen) atoms. The number of piperidine rings is 1. The molecule has 4 nitrogen and oxygen atoms in total. The maximum atomic E-state index is 12.5. The Bertz CT molecular complexity index is 392. The summed E-state index contributed by atoms with van der Waals surface area (Å²) in [5.74, 6) is 0.615. The highest BCUT2D eigenvalue weighted by Gasteiger charge is 2.46. The molecule has 4 fully saturated rings. The van der Waals surface area contributed by atoms with E-state index in [4.69, 9.17) is 4.74 Å². The number of rotatable bonds is 2. The largest absolute Gasteiger partial charge is 0.370 e. The molecule has 4 heteroatoms. The van der Waals surface area contributed by atoms with Gasteiger partial charge >= 0.3 is 0 Å². The Balaban J connectivity index is 1.37. The molecule has 0 aromatic carbocycles. The van der Waals surface area contributed by atoms with Crippen molar-refractivity contribution in [2.75, 3.05) is 19.6 Å². The van der Waals surface area contributed by atoms with Gasteiger partial charge in [0.25, 0.3) is 0 Å². The number of amides is 1. The molecular formula is C16H26N2O2. The molecule has 3 heterocycles. The van der Waals surface area contributed by atoms with Gasteiger partial charge < -0.3 is 15.0 Å². The van der Waals surface area contributed by atoms with Crippen LogP contribution < -0.4 is 5.32 Å².